The van der Waals surface area contributed by atoms with Crippen molar-refractivity contribution in [1.82, 2.24) is 0 Å². The normalized spacial score (nSPS) is 29.3. The highest BCUT2D eigenvalue weighted by Crippen LogP contribution is 2.43. The molecular weight excluding hydrogens is 204 g/mol. The number of fused-ring (bicyclic) bond motifs is 1. The lowest BCUT2D eigenvalue weighted by molar-refractivity contribution is 0.153. The highest BCUT2D eigenvalue weighted by molar-refractivity contribution is 5.40. The zero-order valence-corrected chi connectivity index (χ0v) is 10.3. The standard InChI is InChI=1S/C13H20O3/c1-13-5-11(7-15-3)10(6-14-2)4-12(13)8-16-9-13/h4H,5-9H2,1-3H3/t13-/m0/s1. The zero-order chi connectivity index (χ0) is 11.6. The average Bonchev–Trinajstić information content (AvgIpc) is 2.60. The lowest BCUT2D eigenvalue weighted by atomic mass is 9.74. The van der Waals surface area contributed by atoms with Gasteiger partial charge in [0.05, 0.1) is 26.4 Å². The third-order valence-corrected chi connectivity index (χ3v) is 3.48. The molecule has 0 radical (unpaired) electrons. The van der Waals surface area contributed by atoms with Crippen molar-refractivity contribution >= 4 is 0 Å². The van der Waals surface area contributed by atoms with Crippen LogP contribution in [0.3, 0.4) is 0 Å². The molecule has 3 heteroatoms. The first-order valence-corrected chi connectivity index (χ1v) is 5.67. The number of rotatable bonds is 4. The van der Waals surface area contributed by atoms with Crippen LogP contribution in [0, 0.1) is 5.41 Å². The van der Waals surface area contributed by atoms with Crippen LogP contribution < -0.4 is 0 Å². The Bertz CT molecular complexity index is 330. The first-order valence-electron chi connectivity index (χ1n) is 5.67. The molecule has 0 aromatic carbocycles. The Morgan fingerprint density at radius 1 is 1.31 bits per heavy atom. The summed E-state index contributed by atoms with van der Waals surface area (Å²) < 4.78 is 16.1. The molecule has 0 aromatic heterocycles. The first kappa shape index (κ1) is 11.8. The molecule has 1 saturated heterocycles. The summed E-state index contributed by atoms with van der Waals surface area (Å²) in [5, 5.41) is 0. The molecule has 90 valence electrons. The lowest BCUT2D eigenvalue weighted by Gasteiger charge is -2.31. The van der Waals surface area contributed by atoms with Gasteiger partial charge in [-0.15, -0.1) is 0 Å². The number of hydrogen-bond acceptors (Lipinski definition) is 3. The van der Waals surface area contributed by atoms with E-state index in [2.05, 4.69) is 13.0 Å². The van der Waals surface area contributed by atoms with E-state index < -0.39 is 0 Å². The fourth-order valence-electron chi connectivity index (χ4n) is 2.55. The van der Waals surface area contributed by atoms with Crippen LogP contribution in [0.4, 0.5) is 0 Å². The van der Waals surface area contributed by atoms with E-state index in [1.54, 1.807) is 14.2 Å². The molecule has 0 aromatic rings. The van der Waals surface area contributed by atoms with Crippen LogP contribution in [0.1, 0.15) is 13.3 Å². The van der Waals surface area contributed by atoms with E-state index >= 15 is 0 Å². The highest BCUT2D eigenvalue weighted by Gasteiger charge is 2.38. The van der Waals surface area contributed by atoms with Crippen LogP contribution in [0.15, 0.2) is 22.8 Å². The minimum absolute atomic E-state index is 0.186. The Hall–Kier alpha value is -0.640. The maximum Gasteiger partial charge on any atom is 0.0713 e. The predicted molar refractivity (Wildman–Crippen MR) is 62.4 cm³/mol. The van der Waals surface area contributed by atoms with Crippen molar-refractivity contribution in [2.75, 3.05) is 40.6 Å². The largest absolute Gasteiger partial charge is 0.380 e. The van der Waals surface area contributed by atoms with Crippen LogP contribution in [0.25, 0.3) is 0 Å². The molecule has 16 heavy (non-hydrogen) atoms. The molecule has 1 aliphatic heterocycles. The molecule has 1 atom stereocenters. The molecule has 0 unspecified atom stereocenters. The summed E-state index contributed by atoms with van der Waals surface area (Å²) in [7, 11) is 3.47. The SMILES string of the molecule is COCC1=C(COC)C[C@@]2(C)COCC2=C1. The molecule has 1 heterocycles. The van der Waals surface area contributed by atoms with E-state index in [4.69, 9.17) is 14.2 Å². The summed E-state index contributed by atoms with van der Waals surface area (Å²) in [6.45, 7) is 5.22. The second-order valence-electron chi connectivity index (χ2n) is 4.89. The van der Waals surface area contributed by atoms with Gasteiger partial charge in [0.2, 0.25) is 0 Å². The van der Waals surface area contributed by atoms with Crippen molar-refractivity contribution in [3.8, 4) is 0 Å². The van der Waals surface area contributed by atoms with Gasteiger partial charge >= 0.3 is 0 Å². The minimum atomic E-state index is 0.186. The van der Waals surface area contributed by atoms with E-state index in [0.29, 0.717) is 13.2 Å². The van der Waals surface area contributed by atoms with Crippen LogP contribution >= 0.6 is 0 Å². The highest BCUT2D eigenvalue weighted by atomic mass is 16.5. The molecule has 0 N–H and O–H groups in total. The molecule has 2 rings (SSSR count). The third kappa shape index (κ3) is 2.08. The maximum absolute atomic E-state index is 5.57. The molecule has 0 amide bonds. The Morgan fingerprint density at radius 3 is 2.75 bits per heavy atom. The monoisotopic (exact) mass is 224 g/mol. The fraction of sp³-hybridized carbons (Fsp3) is 0.692. The van der Waals surface area contributed by atoms with E-state index in [0.717, 1.165) is 19.6 Å². The van der Waals surface area contributed by atoms with Crippen LogP contribution in [-0.2, 0) is 14.2 Å². The van der Waals surface area contributed by atoms with Gasteiger partial charge in [0.25, 0.3) is 0 Å². The fourth-order valence-corrected chi connectivity index (χ4v) is 2.55. The van der Waals surface area contributed by atoms with Gasteiger partial charge in [-0.25, -0.2) is 0 Å². The van der Waals surface area contributed by atoms with Crippen LogP contribution in [0.5, 0.6) is 0 Å². The average molecular weight is 224 g/mol. The summed E-state index contributed by atoms with van der Waals surface area (Å²) in [4.78, 5) is 0. The minimum Gasteiger partial charge on any atom is -0.380 e. The van der Waals surface area contributed by atoms with E-state index in [1.165, 1.54) is 16.7 Å². The molecular formula is C13H20O3. The Morgan fingerprint density at radius 2 is 2.06 bits per heavy atom. The Labute approximate surface area is 97.1 Å². The molecule has 1 aliphatic carbocycles. The van der Waals surface area contributed by atoms with Gasteiger partial charge < -0.3 is 14.2 Å². The second-order valence-corrected chi connectivity index (χ2v) is 4.89. The van der Waals surface area contributed by atoms with Crippen molar-refractivity contribution in [1.29, 1.82) is 0 Å². The summed E-state index contributed by atoms with van der Waals surface area (Å²) in [6.07, 6.45) is 3.28. The third-order valence-electron chi connectivity index (χ3n) is 3.48. The predicted octanol–water partition coefficient (Wildman–Crippen LogP) is 1.94. The Balaban J connectivity index is 2.26. The van der Waals surface area contributed by atoms with Gasteiger partial charge in [-0.05, 0) is 23.1 Å². The van der Waals surface area contributed by atoms with Gasteiger partial charge in [0.1, 0.15) is 0 Å². The van der Waals surface area contributed by atoms with Gasteiger partial charge in [-0.3, -0.25) is 0 Å². The topological polar surface area (TPSA) is 27.7 Å². The summed E-state index contributed by atoms with van der Waals surface area (Å²) in [6, 6.07) is 0. The van der Waals surface area contributed by atoms with Gasteiger partial charge in [-0.1, -0.05) is 13.0 Å². The number of ether oxygens (including phenoxy) is 3. The van der Waals surface area contributed by atoms with E-state index in [-0.39, 0.29) is 5.41 Å². The summed E-state index contributed by atoms with van der Waals surface area (Å²) in [5.74, 6) is 0. The lowest BCUT2D eigenvalue weighted by Crippen LogP contribution is -2.25. The van der Waals surface area contributed by atoms with Crippen molar-refractivity contribution in [2.45, 2.75) is 13.3 Å². The van der Waals surface area contributed by atoms with Crippen molar-refractivity contribution in [3.63, 3.8) is 0 Å². The number of hydrogen-bond donors (Lipinski definition) is 0. The van der Waals surface area contributed by atoms with Gasteiger partial charge in [0.15, 0.2) is 0 Å². The summed E-state index contributed by atoms with van der Waals surface area (Å²) >= 11 is 0. The molecule has 0 saturated carbocycles. The van der Waals surface area contributed by atoms with Gasteiger partial charge in [-0.2, -0.15) is 0 Å². The molecule has 1 fully saturated rings. The van der Waals surface area contributed by atoms with Gasteiger partial charge in [0, 0.05) is 19.6 Å². The maximum atomic E-state index is 5.57. The quantitative estimate of drug-likeness (QED) is 0.730. The number of methoxy groups -OCH3 is 2. The van der Waals surface area contributed by atoms with E-state index in [1.807, 2.05) is 0 Å². The molecule has 3 nitrogen and oxygen atoms in total. The first-order chi connectivity index (χ1) is 7.69. The summed E-state index contributed by atoms with van der Waals surface area (Å²) in [5.41, 5.74) is 4.20. The van der Waals surface area contributed by atoms with Crippen molar-refractivity contribution < 1.29 is 14.2 Å². The van der Waals surface area contributed by atoms with Crippen LogP contribution in [0.2, 0.25) is 0 Å². The van der Waals surface area contributed by atoms with Crippen molar-refractivity contribution in [2.24, 2.45) is 5.41 Å². The van der Waals surface area contributed by atoms with Crippen molar-refractivity contribution in [3.05, 3.63) is 22.8 Å². The zero-order valence-electron chi connectivity index (χ0n) is 10.3. The smallest absolute Gasteiger partial charge is 0.0713 e. The second kappa shape index (κ2) is 4.70. The van der Waals surface area contributed by atoms with E-state index in [9.17, 15) is 0 Å². The Kier molecular flexibility index (Phi) is 3.47. The molecule has 0 bridgehead atoms. The molecule has 2 aliphatic rings. The molecule has 0 spiro atoms. The van der Waals surface area contributed by atoms with Crippen LogP contribution in [-0.4, -0.2) is 40.6 Å².